The van der Waals surface area contributed by atoms with Crippen molar-refractivity contribution in [3.63, 3.8) is 0 Å². The van der Waals surface area contributed by atoms with Crippen molar-refractivity contribution in [1.82, 2.24) is 5.16 Å². The van der Waals surface area contributed by atoms with Gasteiger partial charge in [-0.3, -0.25) is 4.79 Å². The Hall–Kier alpha value is -2.17. The molecule has 2 rings (SSSR count). The molecule has 5 heteroatoms. The molecule has 0 saturated heterocycles. The number of aromatic nitrogens is 1. The number of hydrogen-bond donors (Lipinski definition) is 1. The lowest BCUT2D eigenvalue weighted by atomic mass is 10.1. The Morgan fingerprint density at radius 3 is 2.86 bits per heavy atom. The summed E-state index contributed by atoms with van der Waals surface area (Å²) in [5.74, 6) is -2.44. The van der Waals surface area contributed by atoms with E-state index in [9.17, 15) is 9.59 Å². The molecule has 0 aliphatic heterocycles. The fourth-order valence-corrected chi connectivity index (χ4v) is 1.12. The summed E-state index contributed by atoms with van der Waals surface area (Å²) in [5, 5.41) is 12.7. The molecule has 70 valence electrons. The van der Waals surface area contributed by atoms with Crippen molar-refractivity contribution in [3.05, 3.63) is 30.0 Å². The van der Waals surface area contributed by atoms with Crippen molar-refractivity contribution < 1.29 is 19.2 Å². The van der Waals surface area contributed by atoms with Crippen molar-refractivity contribution in [2.45, 2.75) is 0 Å². The number of fused-ring (bicyclic) bond motifs is 1. The molecule has 0 aliphatic rings. The molecular weight excluding hydrogens is 186 g/mol. The Morgan fingerprint density at radius 2 is 2.14 bits per heavy atom. The van der Waals surface area contributed by atoms with Crippen LogP contribution in [0.5, 0.6) is 0 Å². The van der Waals surface area contributed by atoms with E-state index in [0.717, 1.165) is 5.39 Å². The van der Waals surface area contributed by atoms with Gasteiger partial charge >= 0.3 is 5.97 Å². The minimum atomic E-state index is -1.48. The Kier molecular flexibility index (Phi) is 1.78. The quantitative estimate of drug-likeness (QED) is 0.567. The lowest BCUT2D eigenvalue weighted by molar-refractivity contribution is -0.131. The number of nitrogens with zero attached hydrogens (tertiary/aromatic N) is 1. The Labute approximate surface area is 77.9 Å². The molecule has 0 bridgehead atoms. The largest absolute Gasteiger partial charge is 0.475 e. The highest BCUT2D eigenvalue weighted by atomic mass is 16.5. The van der Waals surface area contributed by atoms with Gasteiger partial charge in [0.15, 0.2) is 5.58 Å². The third-order valence-electron chi connectivity index (χ3n) is 1.81. The van der Waals surface area contributed by atoms with Crippen LogP contribution in [0.2, 0.25) is 0 Å². The number of ketones is 1. The molecule has 0 aliphatic carbocycles. The van der Waals surface area contributed by atoms with Gasteiger partial charge in [0.25, 0.3) is 5.78 Å². The van der Waals surface area contributed by atoms with Crippen LogP contribution in [0.1, 0.15) is 10.4 Å². The molecule has 0 radical (unpaired) electrons. The zero-order valence-electron chi connectivity index (χ0n) is 6.93. The second-order valence-corrected chi connectivity index (χ2v) is 2.71. The van der Waals surface area contributed by atoms with Crippen LogP contribution in [0.15, 0.2) is 28.9 Å². The maximum atomic E-state index is 11.0. The Morgan fingerprint density at radius 1 is 1.36 bits per heavy atom. The second kappa shape index (κ2) is 2.95. The minimum Gasteiger partial charge on any atom is -0.475 e. The third-order valence-corrected chi connectivity index (χ3v) is 1.81. The summed E-state index contributed by atoms with van der Waals surface area (Å²) in [7, 11) is 0. The first-order chi connectivity index (χ1) is 6.68. The lowest BCUT2D eigenvalue weighted by Crippen LogP contribution is -2.12. The topological polar surface area (TPSA) is 80.4 Å². The van der Waals surface area contributed by atoms with Gasteiger partial charge in [-0.25, -0.2) is 4.79 Å². The highest BCUT2D eigenvalue weighted by Crippen LogP contribution is 2.15. The van der Waals surface area contributed by atoms with Gasteiger partial charge in [-0.05, 0) is 18.2 Å². The predicted octanol–water partition coefficient (Wildman–Crippen LogP) is 1.10. The van der Waals surface area contributed by atoms with Crippen LogP contribution in [0.3, 0.4) is 0 Å². The van der Waals surface area contributed by atoms with E-state index in [0.29, 0.717) is 5.58 Å². The van der Waals surface area contributed by atoms with Gasteiger partial charge in [-0.15, -0.1) is 0 Å². The third kappa shape index (κ3) is 1.24. The first-order valence-corrected chi connectivity index (χ1v) is 3.80. The fourth-order valence-electron chi connectivity index (χ4n) is 1.12. The van der Waals surface area contributed by atoms with Gasteiger partial charge in [0.2, 0.25) is 0 Å². The first kappa shape index (κ1) is 8.43. The monoisotopic (exact) mass is 191 g/mol. The zero-order valence-corrected chi connectivity index (χ0v) is 6.93. The maximum Gasteiger partial charge on any atom is 0.377 e. The van der Waals surface area contributed by atoms with E-state index in [1.165, 1.54) is 18.3 Å². The van der Waals surface area contributed by atoms with E-state index in [1.54, 1.807) is 6.07 Å². The van der Waals surface area contributed by atoms with Gasteiger partial charge in [0.1, 0.15) is 0 Å². The van der Waals surface area contributed by atoms with Crippen molar-refractivity contribution >= 4 is 22.7 Å². The number of carboxylic acid groups (broad SMARTS) is 1. The lowest BCUT2D eigenvalue weighted by Gasteiger charge is -1.93. The normalized spacial score (nSPS) is 10.3. The Bertz CT molecular complexity index is 514. The molecule has 0 amide bonds. The molecule has 0 spiro atoms. The molecule has 2 aromatic rings. The van der Waals surface area contributed by atoms with E-state index in [2.05, 4.69) is 5.16 Å². The van der Waals surface area contributed by atoms with Crippen LogP contribution in [0.25, 0.3) is 11.0 Å². The molecule has 0 atom stereocenters. The molecular formula is C9H5NO4. The summed E-state index contributed by atoms with van der Waals surface area (Å²) >= 11 is 0. The van der Waals surface area contributed by atoms with Gasteiger partial charge in [0, 0.05) is 10.9 Å². The molecule has 5 nitrogen and oxygen atoms in total. The number of aliphatic carboxylic acids is 1. The number of rotatable bonds is 2. The van der Waals surface area contributed by atoms with Crippen molar-refractivity contribution in [1.29, 1.82) is 0 Å². The van der Waals surface area contributed by atoms with E-state index < -0.39 is 11.8 Å². The van der Waals surface area contributed by atoms with Gasteiger partial charge < -0.3 is 9.63 Å². The van der Waals surface area contributed by atoms with Crippen LogP contribution >= 0.6 is 0 Å². The summed E-state index contributed by atoms with van der Waals surface area (Å²) in [6, 6.07) is 4.37. The number of carbonyl (C=O) groups excluding carboxylic acids is 1. The van der Waals surface area contributed by atoms with Crippen molar-refractivity contribution in [2.24, 2.45) is 0 Å². The predicted molar refractivity (Wildman–Crippen MR) is 46.0 cm³/mol. The highest BCUT2D eigenvalue weighted by molar-refractivity contribution is 6.40. The first-order valence-electron chi connectivity index (χ1n) is 3.80. The number of carbonyl (C=O) groups is 2. The van der Waals surface area contributed by atoms with Crippen LogP contribution < -0.4 is 0 Å². The van der Waals surface area contributed by atoms with E-state index in [-0.39, 0.29) is 5.56 Å². The molecule has 1 N–H and O–H groups in total. The van der Waals surface area contributed by atoms with Crippen molar-refractivity contribution in [3.8, 4) is 0 Å². The van der Waals surface area contributed by atoms with Gasteiger partial charge in [-0.1, -0.05) is 5.16 Å². The zero-order chi connectivity index (χ0) is 10.1. The molecule has 1 aromatic carbocycles. The SMILES string of the molecule is O=C(O)C(=O)c1ccc2cnoc2c1. The van der Waals surface area contributed by atoms with Crippen LogP contribution in [0.4, 0.5) is 0 Å². The number of hydrogen-bond acceptors (Lipinski definition) is 4. The molecule has 0 saturated carbocycles. The standard InChI is InChI=1S/C9H5NO4/c11-8(9(12)13)5-1-2-6-4-10-14-7(6)3-5/h1-4H,(H,12,13). The average molecular weight is 191 g/mol. The van der Waals surface area contributed by atoms with Gasteiger partial charge in [-0.2, -0.15) is 0 Å². The van der Waals surface area contributed by atoms with Crippen molar-refractivity contribution in [2.75, 3.05) is 0 Å². The molecule has 14 heavy (non-hydrogen) atoms. The summed E-state index contributed by atoms with van der Waals surface area (Å²) in [6.07, 6.45) is 1.49. The minimum absolute atomic E-state index is 0.0850. The molecule has 1 heterocycles. The Balaban J connectivity index is 2.54. The smallest absolute Gasteiger partial charge is 0.377 e. The average Bonchev–Trinajstić information content (AvgIpc) is 2.62. The highest BCUT2D eigenvalue weighted by Gasteiger charge is 2.15. The molecule has 0 fully saturated rings. The van der Waals surface area contributed by atoms with Crippen LogP contribution in [-0.2, 0) is 4.79 Å². The van der Waals surface area contributed by atoms with Crippen LogP contribution in [0, 0.1) is 0 Å². The van der Waals surface area contributed by atoms with Gasteiger partial charge in [0.05, 0.1) is 6.20 Å². The van der Waals surface area contributed by atoms with E-state index in [1.807, 2.05) is 0 Å². The summed E-state index contributed by atoms with van der Waals surface area (Å²) in [6.45, 7) is 0. The number of Topliss-reactive ketones (excluding diaryl/α,β-unsaturated/α-hetero) is 1. The second-order valence-electron chi connectivity index (χ2n) is 2.71. The van der Waals surface area contributed by atoms with E-state index in [4.69, 9.17) is 9.63 Å². The molecule has 1 aromatic heterocycles. The molecule has 0 unspecified atom stereocenters. The fraction of sp³-hybridized carbons (Fsp3) is 0. The summed E-state index contributed by atoms with van der Waals surface area (Å²) in [5.41, 5.74) is 0.485. The number of benzene rings is 1. The summed E-state index contributed by atoms with van der Waals surface area (Å²) in [4.78, 5) is 21.4. The van der Waals surface area contributed by atoms with E-state index >= 15 is 0 Å². The maximum absolute atomic E-state index is 11.0. The summed E-state index contributed by atoms with van der Waals surface area (Å²) < 4.78 is 4.79. The number of carboxylic acids is 1. The van der Waals surface area contributed by atoms with Crippen LogP contribution in [-0.4, -0.2) is 22.0 Å².